The summed E-state index contributed by atoms with van der Waals surface area (Å²) >= 11 is 0. The van der Waals surface area contributed by atoms with Gasteiger partial charge >= 0.3 is 0 Å². The van der Waals surface area contributed by atoms with Crippen LogP contribution in [0.1, 0.15) is 5.56 Å². The number of imidazole rings is 1. The first kappa shape index (κ1) is 13.4. The highest BCUT2D eigenvalue weighted by molar-refractivity contribution is 5.79. The Balaban J connectivity index is 1.88. The molecule has 0 bridgehead atoms. The second-order valence-electron chi connectivity index (χ2n) is 4.85. The SMILES string of the molecule is COc1ccc2nc(N)n(CCc3ccc(F)cc3)c2c1. The van der Waals surface area contributed by atoms with Gasteiger partial charge in [0.1, 0.15) is 11.6 Å². The number of aromatic nitrogens is 2. The van der Waals surface area contributed by atoms with Crippen molar-refractivity contribution in [3.05, 3.63) is 53.8 Å². The molecule has 0 aliphatic carbocycles. The van der Waals surface area contributed by atoms with Crippen molar-refractivity contribution in [2.75, 3.05) is 12.8 Å². The van der Waals surface area contributed by atoms with Crippen LogP contribution in [0.25, 0.3) is 11.0 Å². The number of nitrogen functional groups attached to an aromatic ring is 1. The number of fused-ring (bicyclic) bond motifs is 1. The minimum atomic E-state index is -0.226. The fourth-order valence-corrected chi connectivity index (χ4v) is 2.38. The molecule has 3 aromatic rings. The van der Waals surface area contributed by atoms with Crippen LogP contribution >= 0.6 is 0 Å². The maximum atomic E-state index is 12.9. The van der Waals surface area contributed by atoms with Gasteiger partial charge in [0.05, 0.1) is 18.1 Å². The van der Waals surface area contributed by atoms with E-state index >= 15 is 0 Å². The second-order valence-corrected chi connectivity index (χ2v) is 4.85. The number of hydrogen-bond acceptors (Lipinski definition) is 3. The summed E-state index contributed by atoms with van der Waals surface area (Å²) in [5, 5.41) is 0. The minimum absolute atomic E-state index is 0.226. The van der Waals surface area contributed by atoms with E-state index in [-0.39, 0.29) is 5.82 Å². The number of ether oxygens (including phenoxy) is 1. The molecule has 2 aromatic carbocycles. The van der Waals surface area contributed by atoms with Gasteiger partial charge in [-0.1, -0.05) is 12.1 Å². The first-order chi connectivity index (χ1) is 10.2. The molecule has 0 saturated heterocycles. The van der Waals surface area contributed by atoms with Crippen molar-refractivity contribution < 1.29 is 9.13 Å². The number of rotatable bonds is 4. The van der Waals surface area contributed by atoms with E-state index in [9.17, 15) is 4.39 Å². The molecule has 0 atom stereocenters. The van der Waals surface area contributed by atoms with E-state index in [1.807, 2.05) is 22.8 Å². The van der Waals surface area contributed by atoms with Crippen LogP contribution in [0.15, 0.2) is 42.5 Å². The lowest BCUT2D eigenvalue weighted by atomic mass is 10.1. The third-order valence-corrected chi connectivity index (χ3v) is 3.52. The summed E-state index contributed by atoms with van der Waals surface area (Å²) in [5.74, 6) is 1.02. The Morgan fingerprint density at radius 3 is 2.67 bits per heavy atom. The summed E-state index contributed by atoms with van der Waals surface area (Å²) in [5.41, 5.74) is 8.82. The predicted octanol–water partition coefficient (Wildman–Crippen LogP) is 3.01. The van der Waals surface area contributed by atoms with Crippen LogP contribution in [0.4, 0.5) is 10.3 Å². The van der Waals surface area contributed by atoms with E-state index in [1.165, 1.54) is 12.1 Å². The van der Waals surface area contributed by atoms with Crippen LogP contribution in [0.3, 0.4) is 0 Å². The minimum Gasteiger partial charge on any atom is -0.497 e. The summed E-state index contributed by atoms with van der Waals surface area (Å²) in [6, 6.07) is 12.2. The van der Waals surface area contributed by atoms with E-state index in [0.717, 1.165) is 28.8 Å². The van der Waals surface area contributed by atoms with Gasteiger partial charge in [-0.25, -0.2) is 9.37 Å². The van der Waals surface area contributed by atoms with Crippen LogP contribution in [-0.4, -0.2) is 16.7 Å². The first-order valence-corrected chi connectivity index (χ1v) is 6.71. The lowest BCUT2D eigenvalue weighted by Gasteiger charge is -2.07. The van der Waals surface area contributed by atoms with Gasteiger partial charge in [-0.3, -0.25) is 0 Å². The summed E-state index contributed by atoms with van der Waals surface area (Å²) in [6.45, 7) is 0.682. The van der Waals surface area contributed by atoms with E-state index < -0.39 is 0 Å². The number of anilines is 1. The smallest absolute Gasteiger partial charge is 0.201 e. The fraction of sp³-hybridized carbons (Fsp3) is 0.188. The number of halogens is 1. The molecule has 1 heterocycles. The topological polar surface area (TPSA) is 53.1 Å². The Morgan fingerprint density at radius 1 is 1.19 bits per heavy atom. The monoisotopic (exact) mass is 285 g/mol. The summed E-state index contributed by atoms with van der Waals surface area (Å²) in [6.07, 6.45) is 0.757. The van der Waals surface area contributed by atoms with Crippen LogP contribution in [-0.2, 0) is 13.0 Å². The average Bonchev–Trinajstić information content (AvgIpc) is 2.81. The maximum Gasteiger partial charge on any atom is 0.201 e. The van der Waals surface area contributed by atoms with Gasteiger partial charge in [-0.15, -0.1) is 0 Å². The van der Waals surface area contributed by atoms with Crippen LogP contribution in [0, 0.1) is 5.82 Å². The lowest BCUT2D eigenvalue weighted by molar-refractivity contribution is 0.415. The Kier molecular flexibility index (Phi) is 3.48. The van der Waals surface area contributed by atoms with E-state index in [0.29, 0.717) is 12.5 Å². The zero-order chi connectivity index (χ0) is 14.8. The molecule has 0 spiro atoms. The molecule has 3 rings (SSSR count). The summed E-state index contributed by atoms with van der Waals surface area (Å²) in [7, 11) is 1.63. The van der Waals surface area contributed by atoms with Crippen molar-refractivity contribution in [1.29, 1.82) is 0 Å². The molecule has 0 saturated carbocycles. The molecule has 0 fully saturated rings. The van der Waals surface area contributed by atoms with Gasteiger partial charge < -0.3 is 15.0 Å². The third-order valence-electron chi connectivity index (χ3n) is 3.52. The second kappa shape index (κ2) is 5.44. The molecular formula is C16H16FN3O. The van der Waals surface area contributed by atoms with Crippen molar-refractivity contribution in [2.45, 2.75) is 13.0 Å². The van der Waals surface area contributed by atoms with Crippen LogP contribution in [0.2, 0.25) is 0 Å². The molecule has 0 unspecified atom stereocenters. The standard InChI is InChI=1S/C16H16FN3O/c1-21-13-6-7-14-15(10-13)20(16(18)19-14)9-8-11-2-4-12(17)5-3-11/h2-7,10H,8-9H2,1H3,(H2,18,19). The molecule has 0 aliphatic heterocycles. The van der Waals surface area contributed by atoms with Crippen molar-refractivity contribution in [3.63, 3.8) is 0 Å². The number of methoxy groups -OCH3 is 1. The Morgan fingerprint density at radius 2 is 1.95 bits per heavy atom. The average molecular weight is 285 g/mol. The Bertz CT molecular complexity index is 765. The fourth-order valence-electron chi connectivity index (χ4n) is 2.38. The van der Waals surface area contributed by atoms with Gasteiger partial charge in [-0.05, 0) is 36.2 Å². The van der Waals surface area contributed by atoms with E-state index in [1.54, 1.807) is 19.2 Å². The largest absolute Gasteiger partial charge is 0.497 e. The molecule has 0 radical (unpaired) electrons. The molecule has 1 aromatic heterocycles. The number of aryl methyl sites for hydroxylation is 2. The Labute approximate surface area is 122 Å². The van der Waals surface area contributed by atoms with Crippen LogP contribution < -0.4 is 10.5 Å². The highest BCUT2D eigenvalue weighted by Gasteiger charge is 2.09. The number of nitrogens with two attached hydrogens (primary N) is 1. The highest BCUT2D eigenvalue weighted by Crippen LogP contribution is 2.23. The molecule has 108 valence electrons. The van der Waals surface area contributed by atoms with Crippen molar-refractivity contribution in [1.82, 2.24) is 9.55 Å². The molecular weight excluding hydrogens is 269 g/mol. The van der Waals surface area contributed by atoms with Gasteiger partial charge in [0.25, 0.3) is 0 Å². The third kappa shape index (κ3) is 2.67. The maximum absolute atomic E-state index is 12.9. The van der Waals surface area contributed by atoms with Crippen molar-refractivity contribution in [2.24, 2.45) is 0 Å². The number of benzene rings is 2. The van der Waals surface area contributed by atoms with Gasteiger partial charge in [-0.2, -0.15) is 0 Å². The zero-order valence-corrected chi connectivity index (χ0v) is 11.7. The zero-order valence-electron chi connectivity index (χ0n) is 11.7. The van der Waals surface area contributed by atoms with Gasteiger partial charge in [0, 0.05) is 12.6 Å². The molecule has 21 heavy (non-hydrogen) atoms. The molecule has 0 aliphatic rings. The van der Waals surface area contributed by atoms with Gasteiger partial charge in [0.2, 0.25) is 5.95 Å². The van der Waals surface area contributed by atoms with E-state index in [4.69, 9.17) is 10.5 Å². The number of hydrogen-bond donors (Lipinski definition) is 1. The predicted molar refractivity (Wildman–Crippen MR) is 80.8 cm³/mol. The summed E-state index contributed by atoms with van der Waals surface area (Å²) in [4.78, 5) is 4.34. The highest BCUT2D eigenvalue weighted by atomic mass is 19.1. The van der Waals surface area contributed by atoms with Crippen molar-refractivity contribution in [3.8, 4) is 5.75 Å². The Hall–Kier alpha value is -2.56. The first-order valence-electron chi connectivity index (χ1n) is 6.71. The normalized spacial score (nSPS) is 11.0. The summed E-state index contributed by atoms with van der Waals surface area (Å²) < 4.78 is 20.1. The molecule has 4 nitrogen and oxygen atoms in total. The van der Waals surface area contributed by atoms with Crippen molar-refractivity contribution >= 4 is 17.0 Å². The van der Waals surface area contributed by atoms with E-state index in [2.05, 4.69) is 4.98 Å². The quantitative estimate of drug-likeness (QED) is 0.801. The van der Waals surface area contributed by atoms with Gasteiger partial charge in [0.15, 0.2) is 0 Å². The molecule has 5 heteroatoms. The lowest BCUT2D eigenvalue weighted by Crippen LogP contribution is -2.05. The molecule has 0 amide bonds. The van der Waals surface area contributed by atoms with Crippen LogP contribution in [0.5, 0.6) is 5.75 Å². The number of nitrogens with zero attached hydrogens (tertiary/aromatic N) is 2. The molecule has 2 N–H and O–H groups in total.